The molecule has 0 fully saturated rings. The summed E-state index contributed by atoms with van der Waals surface area (Å²) in [6.07, 6.45) is 0. The van der Waals surface area contributed by atoms with Gasteiger partial charge in [0.05, 0.1) is 0 Å². The minimum atomic E-state index is 0.423. The Bertz CT molecular complexity index is 143. The van der Waals surface area contributed by atoms with Crippen LogP contribution >= 0.6 is 12.2 Å². The van der Waals surface area contributed by atoms with Crippen LogP contribution in [-0.2, 0) is 0 Å². The lowest BCUT2D eigenvalue weighted by molar-refractivity contribution is 0.415. The summed E-state index contributed by atoms with van der Waals surface area (Å²) in [5, 5.41) is 4.05. The van der Waals surface area contributed by atoms with Crippen LogP contribution in [0.15, 0.2) is 0 Å². The zero-order valence-electron chi connectivity index (χ0n) is 8.72. The first-order valence-electron chi connectivity index (χ1n) is 4.45. The first-order chi connectivity index (χ1) is 5.43. The fourth-order valence-electron chi connectivity index (χ4n) is 0.988. The van der Waals surface area contributed by atoms with E-state index in [2.05, 4.69) is 37.9 Å². The van der Waals surface area contributed by atoms with E-state index >= 15 is 0 Å². The monoisotopic (exact) mass is 188 g/mol. The molecule has 0 amide bonds. The molecule has 72 valence electrons. The van der Waals surface area contributed by atoms with E-state index in [0.29, 0.717) is 12.0 Å². The second-order valence-corrected chi connectivity index (χ2v) is 4.27. The molecule has 0 spiro atoms. The molecule has 1 N–H and O–H groups in total. The second-order valence-electron chi connectivity index (χ2n) is 3.88. The minimum Gasteiger partial charge on any atom is -0.360 e. The fourth-order valence-corrected chi connectivity index (χ4v) is 1.30. The van der Waals surface area contributed by atoms with E-state index in [1.165, 1.54) is 0 Å². The van der Waals surface area contributed by atoms with Crippen LogP contribution in [0.25, 0.3) is 0 Å². The molecule has 0 aliphatic heterocycles. The maximum absolute atomic E-state index is 5.19. The van der Waals surface area contributed by atoms with Crippen molar-refractivity contribution in [3.8, 4) is 0 Å². The van der Waals surface area contributed by atoms with Gasteiger partial charge in [0.2, 0.25) is 0 Å². The van der Waals surface area contributed by atoms with Crippen molar-refractivity contribution >= 4 is 17.3 Å². The zero-order valence-corrected chi connectivity index (χ0v) is 9.53. The highest BCUT2D eigenvalue weighted by molar-refractivity contribution is 7.80. The standard InChI is InChI=1S/C9H20N2S/c1-7(2)6-11(5)9(12)10-8(3)4/h7-8H,6H2,1-5H3,(H,10,12). The molecule has 0 bridgehead atoms. The lowest BCUT2D eigenvalue weighted by atomic mass is 10.2. The van der Waals surface area contributed by atoms with Crippen LogP contribution in [0.5, 0.6) is 0 Å². The van der Waals surface area contributed by atoms with Crippen molar-refractivity contribution in [1.82, 2.24) is 10.2 Å². The van der Waals surface area contributed by atoms with E-state index in [9.17, 15) is 0 Å². The topological polar surface area (TPSA) is 15.3 Å². The molecule has 0 atom stereocenters. The quantitative estimate of drug-likeness (QED) is 0.681. The lowest BCUT2D eigenvalue weighted by Crippen LogP contribution is -2.41. The molecule has 0 saturated carbocycles. The van der Waals surface area contributed by atoms with Crippen molar-refractivity contribution in [3.63, 3.8) is 0 Å². The van der Waals surface area contributed by atoms with Gasteiger partial charge in [-0.1, -0.05) is 13.8 Å². The fraction of sp³-hybridized carbons (Fsp3) is 0.889. The molecule has 0 aliphatic carbocycles. The highest BCUT2D eigenvalue weighted by Gasteiger charge is 2.06. The van der Waals surface area contributed by atoms with Crippen molar-refractivity contribution in [2.24, 2.45) is 5.92 Å². The largest absolute Gasteiger partial charge is 0.360 e. The number of nitrogens with one attached hydrogen (secondary N) is 1. The number of thiocarbonyl (C=S) groups is 1. The Labute approximate surface area is 81.3 Å². The van der Waals surface area contributed by atoms with Crippen molar-refractivity contribution in [3.05, 3.63) is 0 Å². The Morgan fingerprint density at radius 3 is 2.17 bits per heavy atom. The third-order valence-electron chi connectivity index (χ3n) is 1.40. The Kier molecular flexibility index (Phi) is 5.22. The lowest BCUT2D eigenvalue weighted by Gasteiger charge is -2.24. The highest BCUT2D eigenvalue weighted by Crippen LogP contribution is 1.96. The first-order valence-corrected chi connectivity index (χ1v) is 4.86. The molecule has 0 aliphatic rings. The summed E-state index contributed by atoms with van der Waals surface area (Å²) in [6.45, 7) is 9.58. The number of rotatable bonds is 3. The van der Waals surface area contributed by atoms with Crippen LogP contribution in [0, 0.1) is 5.92 Å². The molecule has 3 heteroatoms. The molecule has 0 aromatic rings. The van der Waals surface area contributed by atoms with Crippen molar-refractivity contribution in [2.75, 3.05) is 13.6 Å². The molecule has 0 rings (SSSR count). The minimum absolute atomic E-state index is 0.423. The molecule has 12 heavy (non-hydrogen) atoms. The van der Waals surface area contributed by atoms with Crippen LogP contribution in [0.2, 0.25) is 0 Å². The van der Waals surface area contributed by atoms with Crippen LogP contribution < -0.4 is 5.32 Å². The van der Waals surface area contributed by atoms with Gasteiger partial charge in [-0.25, -0.2) is 0 Å². The molecule has 0 saturated heterocycles. The van der Waals surface area contributed by atoms with Gasteiger partial charge in [-0.3, -0.25) is 0 Å². The second kappa shape index (κ2) is 5.36. The van der Waals surface area contributed by atoms with Crippen LogP contribution in [0.4, 0.5) is 0 Å². The average molecular weight is 188 g/mol. The molecule has 0 radical (unpaired) electrons. The van der Waals surface area contributed by atoms with Gasteiger partial charge in [-0.15, -0.1) is 0 Å². The summed E-state index contributed by atoms with van der Waals surface area (Å²) in [5.74, 6) is 0.655. The number of hydrogen-bond donors (Lipinski definition) is 1. The summed E-state index contributed by atoms with van der Waals surface area (Å²) in [7, 11) is 2.03. The van der Waals surface area contributed by atoms with Gasteiger partial charge in [0.15, 0.2) is 5.11 Å². The van der Waals surface area contributed by atoms with Gasteiger partial charge in [-0.05, 0) is 32.0 Å². The molecule has 0 aromatic heterocycles. The van der Waals surface area contributed by atoms with E-state index in [4.69, 9.17) is 12.2 Å². The van der Waals surface area contributed by atoms with E-state index in [1.807, 2.05) is 7.05 Å². The summed E-state index contributed by atoms with van der Waals surface area (Å²) in [4.78, 5) is 2.08. The zero-order chi connectivity index (χ0) is 9.72. The molecular formula is C9H20N2S. The summed E-state index contributed by atoms with van der Waals surface area (Å²) in [5.41, 5.74) is 0. The van der Waals surface area contributed by atoms with Crippen molar-refractivity contribution < 1.29 is 0 Å². The molecule has 0 unspecified atom stereocenters. The van der Waals surface area contributed by atoms with E-state index in [1.54, 1.807) is 0 Å². The Morgan fingerprint density at radius 1 is 1.33 bits per heavy atom. The maximum atomic E-state index is 5.19. The van der Waals surface area contributed by atoms with E-state index in [0.717, 1.165) is 11.7 Å². The number of nitrogens with zero attached hydrogens (tertiary/aromatic N) is 1. The smallest absolute Gasteiger partial charge is 0.168 e. The van der Waals surface area contributed by atoms with Gasteiger partial charge < -0.3 is 10.2 Å². The summed E-state index contributed by atoms with van der Waals surface area (Å²) < 4.78 is 0. The Balaban J connectivity index is 3.77. The maximum Gasteiger partial charge on any atom is 0.168 e. The third kappa shape index (κ3) is 5.35. The van der Waals surface area contributed by atoms with Gasteiger partial charge in [0.1, 0.15) is 0 Å². The van der Waals surface area contributed by atoms with E-state index < -0.39 is 0 Å². The van der Waals surface area contributed by atoms with Crippen molar-refractivity contribution in [1.29, 1.82) is 0 Å². The van der Waals surface area contributed by atoms with Crippen LogP contribution in [0.1, 0.15) is 27.7 Å². The average Bonchev–Trinajstić information content (AvgIpc) is 1.84. The number of hydrogen-bond acceptors (Lipinski definition) is 1. The summed E-state index contributed by atoms with van der Waals surface area (Å²) in [6, 6.07) is 0.423. The Morgan fingerprint density at radius 2 is 1.83 bits per heavy atom. The van der Waals surface area contributed by atoms with Gasteiger partial charge >= 0.3 is 0 Å². The van der Waals surface area contributed by atoms with Gasteiger partial charge in [-0.2, -0.15) is 0 Å². The first kappa shape index (κ1) is 11.7. The van der Waals surface area contributed by atoms with Crippen molar-refractivity contribution in [2.45, 2.75) is 33.7 Å². The Hall–Kier alpha value is -0.310. The molecule has 2 nitrogen and oxygen atoms in total. The highest BCUT2D eigenvalue weighted by atomic mass is 32.1. The van der Waals surface area contributed by atoms with E-state index in [-0.39, 0.29) is 0 Å². The third-order valence-corrected chi connectivity index (χ3v) is 1.83. The van der Waals surface area contributed by atoms with Crippen LogP contribution in [-0.4, -0.2) is 29.6 Å². The summed E-state index contributed by atoms with van der Waals surface area (Å²) >= 11 is 5.19. The van der Waals surface area contributed by atoms with Gasteiger partial charge in [0.25, 0.3) is 0 Å². The molecule has 0 heterocycles. The predicted octanol–water partition coefficient (Wildman–Crippen LogP) is 1.86. The molecule has 0 aromatic carbocycles. The normalized spacial score (nSPS) is 10.6. The van der Waals surface area contributed by atoms with Gasteiger partial charge in [0, 0.05) is 19.6 Å². The SMILES string of the molecule is CC(C)CN(C)C(=S)NC(C)C. The van der Waals surface area contributed by atoms with Crippen LogP contribution in [0.3, 0.4) is 0 Å². The predicted molar refractivity (Wildman–Crippen MR) is 58.3 cm³/mol. The molecular weight excluding hydrogens is 168 g/mol.